The van der Waals surface area contributed by atoms with Crippen LogP contribution in [0.25, 0.3) is 0 Å². The minimum absolute atomic E-state index is 0.123. The summed E-state index contributed by atoms with van der Waals surface area (Å²) in [5.41, 5.74) is 1.35. The van der Waals surface area contributed by atoms with E-state index in [0.717, 1.165) is 22.7 Å². The monoisotopic (exact) mass is 390 g/mol. The van der Waals surface area contributed by atoms with Crippen molar-refractivity contribution in [3.63, 3.8) is 0 Å². The summed E-state index contributed by atoms with van der Waals surface area (Å²) in [5, 5.41) is 2.70. The molecule has 0 heterocycles. The number of hydrogen-bond acceptors (Lipinski definition) is 3. The number of halogens is 1. The second-order valence-electron chi connectivity index (χ2n) is 6.71. The molecule has 1 aromatic rings. The highest BCUT2D eigenvalue weighted by molar-refractivity contribution is 7.89. The molecule has 0 saturated carbocycles. The number of nitrogens with zero attached hydrogens (tertiary/aromatic N) is 1. The maximum absolute atomic E-state index is 13.0. The Morgan fingerprint density at radius 3 is 2.33 bits per heavy atom. The van der Waals surface area contributed by atoms with Gasteiger partial charge in [-0.3, -0.25) is 0 Å². The second kappa shape index (κ2) is 8.87. The van der Waals surface area contributed by atoms with Crippen LogP contribution >= 0.6 is 11.6 Å². The van der Waals surface area contributed by atoms with Crippen LogP contribution in [0.5, 0.6) is 0 Å². The maximum Gasteiger partial charge on any atom is 0.331 e. The first kappa shape index (κ1) is 21.0. The fraction of sp³-hybridized carbons (Fsp3) is 0.562. The molecule has 5 nitrogen and oxygen atoms in total. The van der Waals surface area contributed by atoms with Crippen molar-refractivity contribution in [2.45, 2.75) is 44.7 Å². The average molecular weight is 391 g/mol. The number of urea groups is 1. The van der Waals surface area contributed by atoms with Crippen molar-refractivity contribution >= 4 is 35.7 Å². The van der Waals surface area contributed by atoms with E-state index in [4.69, 9.17) is 11.6 Å². The summed E-state index contributed by atoms with van der Waals surface area (Å²) in [4.78, 5) is 12.6. The summed E-state index contributed by atoms with van der Waals surface area (Å²) in [6.45, 7) is 8.29. The zero-order chi connectivity index (χ0) is 18.4. The van der Waals surface area contributed by atoms with E-state index in [0.29, 0.717) is 12.0 Å². The number of amides is 2. The smallest absolute Gasteiger partial charge is 0.331 e. The first-order valence-electron chi connectivity index (χ1n) is 8.07. The van der Waals surface area contributed by atoms with Gasteiger partial charge in [0.2, 0.25) is 0 Å². The van der Waals surface area contributed by atoms with E-state index in [1.165, 1.54) is 12.1 Å². The van der Waals surface area contributed by atoms with Gasteiger partial charge in [-0.05, 0) is 25.5 Å². The van der Waals surface area contributed by atoms with Crippen molar-refractivity contribution < 1.29 is 13.2 Å². The van der Waals surface area contributed by atoms with E-state index in [1.54, 1.807) is 12.1 Å². The van der Waals surface area contributed by atoms with E-state index < -0.39 is 24.1 Å². The third kappa shape index (κ3) is 5.79. The molecule has 0 aliphatic carbocycles. The van der Waals surface area contributed by atoms with Gasteiger partial charge in [0.1, 0.15) is 0 Å². The summed E-state index contributed by atoms with van der Waals surface area (Å²) in [5.74, 6) is 0. The van der Waals surface area contributed by atoms with E-state index in [1.807, 2.05) is 26.9 Å². The molecule has 2 amide bonds. The number of aryl methyl sites for hydroxylation is 1. The van der Waals surface area contributed by atoms with Gasteiger partial charge in [0.05, 0.1) is 13.0 Å². The molecule has 0 fully saturated rings. The topological polar surface area (TPSA) is 66.5 Å². The molecule has 0 aliphatic heterocycles. The minimum Gasteiger partial charge on any atom is -0.337 e. The molecule has 1 N–H and O–H groups in total. The molecular formula is C16H27ClN2O3SSi. The highest BCUT2D eigenvalue weighted by atomic mass is 35.5. The standard InChI is InChI=1S/C16H27ClN2O3SSi/c1-5-6-11-18-16(20)19(13-24(3,4)12-17)23(21,22)15-9-7-14(2)8-10-15/h7-10H,5-6,11-13H2,1-4H3,(H,18,20). The van der Waals surface area contributed by atoms with Crippen LogP contribution in [0.15, 0.2) is 29.2 Å². The molecule has 0 aromatic heterocycles. The second-order valence-corrected chi connectivity index (χ2v) is 14.3. The number of rotatable bonds is 8. The van der Waals surface area contributed by atoms with Crippen LogP contribution in [0.2, 0.25) is 13.1 Å². The minimum atomic E-state index is -3.90. The largest absolute Gasteiger partial charge is 0.337 e. The molecule has 0 atom stereocenters. The van der Waals surface area contributed by atoms with Crippen LogP contribution < -0.4 is 5.32 Å². The number of hydrogen-bond donors (Lipinski definition) is 1. The van der Waals surface area contributed by atoms with E-state index in [2.05, 4.69) is 5.32 Å². The highest BCUT2D eigenvalue weighted by Crippen LogP contribution is 2.19. The van der Waals surface area contributed by atoms with Gasteiger partial charge in [-0.1, -0.05) is 44.1 Å². The molecule has 0 aliphatic rings. The number of unbranched alkanes of at least 4 members (excludes halogenated alkanes) is 1. The van der Waals surface area contributed by atoms with E-state index >= 15 is 0 Å². The van der Waals surface area contributed by atoms with Crippen molar-refractivity contribution in [1.82, 2.24) is 9.62 Å². The van der Waals surface area contributed by atoms with Gasteiger partial charge in [-0.25, -0.2) is 17.5 Å². The lowest BCUT2D eigenvalue weighted by molar-refractivity contribution is 0.226. The molecular weight excluding hydrogens is 364 g/mol. The number of carbonyl (C=O) groups excluding carboxylic acids is 1. The maximum atomic E-state index is 13.0. The van der Waals surface area contributed by atoms with Gasteiger partial charge < -0.3 is 5.32 Å². The Morgan fingerprint density at radius 2 is 1.83 bits per heavy atom. The highest BCUT2D eigenvalue weighted by Gasteiger charge is 2.35. The van der Waals surface area contributed by atoms with E-state index in [9.17, 15) is 13.2 Å². The Bertz CT molecular complexity index is 648. The fourth-order valence-electron chi connectivity index (χ4n) is 1.99. The molecule has 0 spiro atoms. The summed E-state index contributed by atoms with van der Waals surface area (Å²) in [6, 6.07) is 5.95. The first-order valence-corrected chi connectivity index (χ1v) is 13.5. The van der Waals surface area contributed by atoms with Gasteiger partial charge in [0.25, 0.3) is 10.0 Å². The van der Waals surface area contributed by atoms with Crippen LogP contribution in [0.4, 0.5) is 4.79 Å². The number of sulfonamides is 1. The quantitative estimate of drug-likeness (QED) is 0.419. The average Bonchev–Trinajstić information content (AvgIpc) is 2.53. The Labute approximate surface area is 151 Å². The Kier molecular flexibility index (Phi) is 7.76. The van der Waals surface area contributed by atoms with Crippen molar-refractivity contribution in [3.05, 3.63) is 29.8 Å². The van der Waals surface area contributed by atoms with E-state index in [-0.39, 0.29) is 11.1 Å². The molecule has 0 unspecified atom stereocenters. The number of alkyl halides is 1. The molecule has 1 aromatic carbocycles. The molecule has 1 rings (SSSR count). The van der Waals surface area contributed by atoms with Crippen LogP contribution in [-0.4, -0.2) is 45.0 Å². The third-order valence-corrected chi connectivity index (χ3v) is 9.61. The molecule has 24 heavy (non-hydrogen) atoms. The zero-order valence-corrected chi connectivity index (χ0v) is 17.4. The van der Waals surface area contributed by atoms with Crippen molar-refractivity contribution in [3.8, 4) is 0 Å². The lowest BCUT2D eigenvalue weighted by atomic mass is 10.2. The van der Waals surface area contributed by atoms with Gasteiger partial charge in [-0.15, -0.1) is 11.6 Å². The van der Waals surface area contributed by atoms with Crippen molar-refractivity contribution in [2.24, 2.45) is 0 Å². The van der Waals surface area contributed by atoms with Crippen LogP contribution in [0, 0.1) is 6.92 Å². The first-order chi connectivity index (χ1) is 11.1. The van der Waals surface area contributed by atoms with Gasteiger partial charge in [0.15, 0.2) is 0 Å². The summed E-state index contributed by atoms with van der Waals surface area (Å²) in [6.07, 6.45) is 1.89. The summed E-state index contributed by atoms with van der Waals surface area (Å²) < 4.78 is 26.9. The van der Waals surface area contributed by atoms with Crippen molar-refractivity contribution in [2.75, 3.05) is 18.2 Å². The molecule has 0 radical (unpaired) electrons. The predicted octanol–water partition coefficient (Wildman–Crippen LogP) is 3.52. The van der Waals surface area contributed by atoms with Crippen LogP contribution in [0.3, 0.4) is 0 Å². The predicted molar refractivity (Wildman–Crippen MR) is 102 cm³/mol. The Hall–Kier alpha value is -1.05. The number of benzene rings is 1. The molecule has 8 heteroatoms. The molecule has 0 bridgehead atoms. The Balaban J connectivity index is 3.15. The zero-order valence-electron chi connectivity index (χ0n) is 14.8. The Morgan fingerprint density at radius 1 is 1.25 bits per heavy atom. The summed E-state index contributed by atoms with van der Waals surface area (Å²) >= 11 is 5.99. The fourth-order valence-corrected chi connectivity index (χ4v) is 6.00. The number of carbonyl (C=O) groups is 1. The lowest BCUT2D eigenvalue weighted by Crippen LogP contribution is -2.52. The van der Waals surface area contributed by atoms with Crippen LogP contribution in [0.1, 0.15) is 25.3 Å². The lowest BCUT2D eigenvalue weighted by Gasteiger charge is -2.29. The molecule has 0 saturated heterocycles. The normalized spacial score (nSPS) is 12.0. The van der Waals surface area contributed by atoms with Gasteiger partial charge >= 0.3 is 6.03 Å². The van der Waals surface area contributed by atoms with Gasteiger partial charge in [-0.2, -0.15) is 0 Å². The number of nitrogens with one attached hydrogen (secondary N) is 1. The third-order valence-electron chi connectivity index (χ3n) is 3.58. The van der Waals surface area contributed by atoms with Crippen molar-refractivity contribution in [1.29, 1.82) is 0 Å². The van der Waals surface area contributed by atoms with Crippen LogP contribution in [-0.2, 0) is 10.0 Å². The SMILES string of the molecule is CCCCNC(=O)N(C[Si](C)(C)CCl)S(=O)(=O)c1ccc(C)cc1. The summed E-state index contributed by atoms with van der Waals surface area (Å²) in [7, 11) is -5.95. The molecule has 136 valence electrons. The van der Waals surface area contributed by atoms with Gasteiger partial charge in [0, 0.05) is 18.2 Å².